The lowest BCUT2D eigenvalue weighted by atomic mass is 10.2. The Morgan fingerprint density at radius 3 is 2.75 bits per heavy atom. The summed E-state index contributed by atoms with van der Waals surface area (Å²) >= 11 is 2.78. The second kappa shape index (κ2) is 7.73. The monoisotopic (exact) mass is 410 g/mol. The first-order chi connectivity index (χ1) is 13.5. The summed E-state index contributed by atoms with van der Waals surface area (Å²) in [7, 11) is 1.68. The highest BCUT2D eigenvalue weighted by molar-refractivity contribution is 8.15. The van der Waals surface area contributed by atoms with Crippen LogP contribution in [0.25, 0.3) is 10.2 Å². The number of hydrogen-bond donors (Lipinski definition) is 1. The first-order valence-corrected chi connectivity index (χ1v) is 10.4. The van der Waals surface area contributed by atoms with E-state index in [9.17, 15) is 9.59 Å². The number of carbonyl (C=O) groups is 2. The SMILES string of the molecule is Cc1ccccc1NC(=O)C[C@@H]1SC(=Nc2nc3ccccc3s2)N(C)C1=O. The van der Waals surface area contributed by atoms with Gasteiger partial charge in [-0.25, -0.2) is 4.98 Å². The van der Waals surface area contributed by atoms with Crippen LogP contribution in [0.3, 0.4) is 0 Å². The second-order valence-electron chi connectivity index (χ2n) is 6.43. The number of amidine groups is 1. The van der Waals surface area contributed by atoms with Gasteiger partial charge in [-0.1, -0.05) is 53.4 Å². The average Bonchev–Trinajstić information content (AvgIpc) is 3.20. The van der Waals surface area contributed by atoms with Crippen molar-refractivity contribution >= 4 is 61.1 Å². The average molecular weight is 411 g/mol. The summed E-state index contributed by atoms with van der Waals surface area (Å²) < 4.78 is 1.05. The predicted octanol–water partition coefficient (Wildman–Crippen LogP) is 4.19. The molecule has 142 valence electrons. The highest BCUT2D eigenvalue weighted by Crippen LogP contribution is 2.33. The number of nitrogens with one attached hydrogen (secondary N) is 1. The van der Waals surface area contributed by atoms with Crippen LogP contribution >= 0.6 is 23.1 Å². The van der Waals surface area contributed by atoms with Gasteiger partial charge in [0.2, 0.25) is 16.9 Å². The van der Waals surface area contributed by atoms with Crippen molar-refractivity contribution in [2.75, 3.05) is 12.4 Å². The molecule has 1 aromatic heterocycles. The Morgan fingerprint density at radius 2 is 1.96 bits per heavy atom. The third kappa shape index (κ3) is 3.79. The van der Waals surface area contributed by atoms with E-state index in [1.54, 1.807) is 7.05 Å². The zero-order valence-corrected chi connectivity index (χ0v) is 17.0. The number of thiazole rings is 1. The van der Waals surface area contributed by atoms with Crippen molar-refractivity contribution < 1.29 is 9.59 Å². The smallest absolute Gasteiger partial charge is 0.242 e. The number of nitrogens with zero attached hydrogens (tertiary/aromatic N) is 3. The Balaban J connectivity index is 1.47. The first-order valence-electron chi connectivity index (χ1n) is 8.75. The van der Waals surface area contributed by atoms with Crippen molar-refractivity contribution in [1.82, 2.24) is 9.88 Å². The minimum Gasteiger partial charge on any atom is -0.326 e. The van der Waals surface area contributed by atoms with Crippen molar-refractivity contribution in [2.45, 2.75) is 18.6 Å². The maximum atomic E-state index is 12.6. The highest BCUT2D eigenvalue weighted by Gasteiger charge is 2.37. The second-order valence-corrected chi connectivity index (χ2v) is 8.61. The van der Waals surface area contributed by atoms with E-state index >= 15 is 0 Å². The lowest BCUT2D eigenvalue weighted by Gasteiger charge is -2.10. The summed E-state index contributed by atoms with van der Waals surface area (Å²) in [6.07, 6.45) is 0.0983. The molecule has 1 atom stereocenters. The van der Waals surface area contributed by atoms with E-state index < -0.39 is 5.25 Å². The molecule has 8 heteroatoms. The number of anilines is 1. The van der Waals surface area contributed by atoms with Gasteiger partial charge in [-0.2, -0.15) is 4.99 Å². The molecule has 0 unspecified atom stereocenters. The number of carbonyl (C=O) groups excluding carboxylic acids is 2. The standard InChI is InChI=1S/C20H18N4O2S2/c1-12-7-3-4-8-13(12)21-17(25)11-16-18(26)24(2)20(28-16)23-19-22-14-9-5-6-10-15(14)27-19/h3-10,16H,11H2,1-2H3,(H,21,25)/t16-/m0/s1. The van der Waals surface area contributed by atoms with Crippen molar-refractivity contribution in [3.63, 3.8) is 0 Å². The fourth-order valence-corrected chi connectivity index (χ4v) is 4.90. The minimum absolute atomic E-state index is 0.0983. The lowest BCUT2D eigenvalue weighted by molar-refractivity contribution is -0.127. The Kier molecular flexibility index (Phi) is 5.15. The number of hydrogen-bond acceptors (Lipinski definition) is 6. The first kappa shape index (κ1) is 18.6. The number of para-hydroxylation sites is 2. The largest absolute Gasteiger partial charge is 0.326 e. The molecule has 0 saturated carbocycles. The van der Waals surface area contributed by atoms with Gasteiger partial charge in [-0.05, 0) is 30.7 Å². The van der Waals surface area contributed by atoms with Crippen LogP contribution in [0.1, 0.15) is 12.0 Å². The zero-order valence-electron chi connectivity index (χ0n) is 15.4. The molecular weight excluding hydrogens is 392 g/mol. The topological polar surface area (TPSA) is 74.7 Å². The molecule has 4 rings (SSSR count). The minimum atomic E-state index is -0.484. The molecule has 1 fully saturated rings. The summed E-state index contributed by atoms with van der Waals surface area (Å²) in [6.45, 7) is 1.93. The van der Waals surface area contributed by atoms with Crippen LogP contribution in [0.5, 0.6) is 0 Å². The van der Waals surface area contributed by atoms with Gasteiger partial charge in [0.25, 0.3) is 0 Å². The van der Waals surface area contributed by atoms with Gasteiger partial charge in [0.1, 0.15) is 5.25 Å². The van der Waals surface area contributed by atoms with E-state index in [2.05, 4.69) is 15.3 Å². The van der Waals surface area contributed by atoms with Gasteiger partial charge in [-0.3, -0.25) is 14.5 Å². The molecule has 2 heterocycles. The zero-order chi connectivity index (χ0) is 19.7. The third-order valence-electron chi connectivity index (χ3n) is 4.40. The summed E-state index contributed by atoms with van der Waals surface area (Å²) in [4.78, 5) is 35.5. The maximum Gasteiger partial charge on any atom is 0.242 e. The highest BCUT2D eigenvalue weighted by atomic mass is 32.2. The fraction of sp³-hybridized carbons (Fsp3) is 0.200. The molecule has 6 nitrogen and oxygen atoms in total. The van der Waals surface area contributed by atoms with Gasteiger partial charge >= 0.3 is 0 Å². The normalized spacial score (nSPS) is 18.2. The number of amides is 2. The van der Waals surface area contributed by atoms with Crippen LogP contribution in [0.15, 0.2) is 53.5 Å². The molecule has 2 amide bonds. The quantitative estimate of drug-likeness (QED) is 0.700. The van der Waals surface area contributed by atoms with Gasteiger partial charge < -0.3 is 5.32 Å². The number of aromatic nitrogens is 1. The number of benzene rings is 2. The lowest BCUT2D eigenvalue weighted by Crippen LogP contribution is -2.30. The Morgan fingerprint density at radius 1 is 1.21 bits per heavy atom. The molecule has 1 aliphatic rings. The number of fused-ring (bicyclic) bond motifs is 1. The van der Waals surface area contributed by atoms with Crippen LogP contribution in [0.2, 0.25) is 0 Å². The van der Waals surface area contributed by atoms with Gasteiger partial charge in [-0.15, -0.1) is 0 Å². The molecule has 1 N–H and O–H groups in total. The van der Waals surface area contributed by atoms with Crippen LogP contribution in [0.4, 0.5) is 10.8 Å². The van der Waals surface area contributed by atoms with Crippen LogP contribution in [-0.4, -0.2) is 39.2 Å². The Hall–Kier alpha value is -2.71. The molecule has 28 heavy (non-hydrogen) atoms. The van der Waals surface area contributed by atoms with E-state index in [0.29, 0.717) is 10.3 Å². The van der Waals surface area contributed by atoms with Crippen molar-refractivity contribution in [2.24, 2.45) is 4.99 Å². The van der Waals surface area contributed by atoms with Gasteiger partial charge in [0.15, 0.2) is 5.17 Å². The molecule has 1 aliphatic heterocycles. The number of aryl methyl sites for hydroxylation is 1. The fourth-order valence-electron chi connectivity index (χ4n) is 2.87. The van der Waals surface area contributed by atoms with Crippen molar-refractivity contribution in [1.29, 1.82) is 0 Å². The van der Waals surface area contributed by atoms with E-state index in [0.717, 1.165) is 21.5 Å². The summed E-state index contributed by atoms with van der Waals surface area (Å²) in [5.74, 6) is -0.306. The molecule has 0 spiro atoms. The van der Waals surface area contributed by atoms with Crippen LogP contribution in [0, 0.1) is 6.92 Å². The summed E-state index contributed by atoms with van der Waals surface area (Å²) in [6, 6.07) is 15.4. The maximum absolute atomic E-state index is 12.6. The van der Waals surface area contributed by atoms with Gasteiger partial charge in [0, 0.05) is 19.2 Å². The molecule has 2 aromatic carbocycles. The van der Waals surface area contributed by atoms with E-state index in [-0.39, 0.29) is 18.2 Å². The van der Waals surface area contributed by atoms with Gasteiger partial charge in [0.05, 0.1) is 10.2 Å². The molecule has 3 aromatic rings. The summed E-state index contributed by atoms with van der Waals surface area (Å²) in [5, 5.41) is 3.57. The van der Waals surface area contributed by atoms with Crippen LogP contribution < -0.4 is 5.32 Å². The van der Waals surface area contributed by atoms with E-state index in [1.165, 1.54) is 28.0 Å². The number of thioether (sulfide) groups is 1. The van der Waals surface area contributed by atoms with Crippen molar-refractivity contribution in [3.05, 3.63) is 54.1 Å². The van der Waals surface area contributed by atoms with E-state index in [1.807, 2.05) is 55.5 Å². The van der Waals surface area contributed by atoms with E-state index in [4.69, 9.17) is 0 Å². The number of aliphatic imine (C=N–C) groups is 1. The molecule has 0 radical (unpaired) electrons. The third-order valence-corrected chi connectivity index (χ3v) is 6.56. The Labute approximate surface area is 170 Å². The molecule has 0 aliphatic carbocycles. The predicted molar refractivity (Wildman–Crippen MR) is 115 cm³/mol. The summed E-state index contributed by atoms with van der Waals surface area (Å²) in [5.41, 5.74) is 2.63. The van der Waals surface area contributed by atoms with Crippen LogP contribution in [-0.2, 0) is 9.59 Å². The number of rotatable bonds is 4. The molecule has 1 saturated heterocycles. The Bertz CT molecular complexity index is 1060. The molecule has 0 bridgehead atoms. The van der Waals surface area contributed by atoms with Crippen molar-refractivity contribution in [3.8, 4) is 0 Å². The molecular formula is C20H18N4O2S2.